The van der Waals surface area contributed by atoms with E-state index in [2.05, 4.69) is 10.2 Å². The van der Waals surface area contributed by atoms with Crippen LogP contribution in [0.3, 0.4) is 0 Å². The van der Waals surface area contributed by atoms with Gasteiger partial charge in [0.2, 0.25) is 11.8 Å². The SMILES string of the molecule is Cc1cccc(NC(=O)CN2CCN(C(=O)CCc3ccccc3F)CC2)c1C. The van der Waals surface area contributed by atoms with Crippen LogP contribution in [0.4, 0.5) is 10.1 Å². The number of aryl methyl sites for hydroxylation is 2. The molecule has 1 aliphatic rings. The molecular formula is C23H28FN3O2. The molecule has 2 aromatic carbocycles. The molecule has 0 bridgehead atoms. The predicted octanol–water partition coefficient (Wildman–Crippen LogP) is 3.16. The molecule has 2 amide bonds. The standard InChI is InChI=1S/C23H28FN3O2/c1-17-6-5-9-21(18(17)2)25-22(28)16-26-12-14-27(15-13-26)23(29)11-10-19-7-3-4-8-20(19)24/h3-9H,10-16H2,1-2H3,(H,25,28). The fourth-order valence-corrected chi connectivity index (χ4v) is 3.54. The fraction of sp³-hybridized carbons (Fsp3) is 0.391. The average molecular weight is 397 g/mol. The summed E-state index contributed by atoms with van der Waals surface area (Å²) in [5.74, 6) is -0.272. The molecule has 1 aliphatic heterocycles. The Balaban J connectivity index is 1.43. The Morgan fingerprint density at radius 2 is 1.72 bits per heavy atom. The molecule has 154 valence electrons. The summed E-state index contributed by atoms with van der Waals surface area (Å²) in [4.78, 5) is 28.7. The largest absolute Gasteiger partial charge is 0.340 e. The highest BCUT2D eigenvalue weighted by Crippen LogP contribution is 2.18. The van der Waals surface area contributed by atoms with E-state index in [1.807, 2.05) is 32.0 Å². The first kappa shape index (κ1) is 21.0. The van der Waals surface area contributed by atoms with Gasteiger partial charge in [-0.15, -0.1) is 0 Å². The van der Waals surface area contributed by atoms with Gasteiger partial charge in [0.25, 0.3) is 0 Å². The monoisotopic (exact) mass is 397 g/mol. The van der Waals surface area contributed by atoms with Gasteiger partial charge < -0.3 is 10.2 Å². The molecule has 1 saturated heterocycles. The summed E-state index contributed by atoms with van der Waals surface area (Å²) in [7, 11) is 0. The highest BCUT2D eigenvalue weighted by Gasteiger charge is 2.22. The highest BCUT2D eigenvalue weighted by molar-refractivity contribution is 5.93. The van der Waals surface area contributed by atoms with Crippen molar-refractivity contribution in [3.8, 4) is 0 Å². The lowest BCUT2D eigenvalue weighted by Gasteiger charge is -2.34. The van der Waals surface area contributed by atoms with Crippen molar-refractivity contribution >= 4 is 17.5 Å². The second-order valence-corrected chi connectivity index (χ2v) is 7.54. The van der Waals surface area contributed by atoms with Crippen LogP contribution in [0.15, 0.2) is 42.5 Å². The fourth-order valence-electron chi connectivity index (χ4n) is 3.54. The summed E-state index contributed by atoms with van der Waals surface area (Å²) in [5.41, 5.74) is 3.64. The molecule has 0 spiro atoms. The number of hydrogen-bond donors (Lipinski definition) is 1. The van der Waals surface area contributed by atoms with Gasteiger partial charge in [0, 0.05) is 38.3 Å². The number of amides is 2. The Morgan fingerprint density at radius 1 is 1.00 bits per heavy atom. The van der Waals surface area contributed by atoms with Gasteiger partial charge in [-0.05, 0) is 49.1 Å². The summed E-state index contributed by atoms with van der Waals surface area (Å²) in [5, 5.41) is 2.98. The van der Waals surface area contributed by atoms with Gasteiger partial charge in [-0.3, -0.25) is 14.5 Å². The minimum Gasteiger partial charge on any atom is -0.340 e. The molecule has 1 N–H and O–H groups in total. The summed E-state index contributed by atoms with van der Waals surface area (Å²) >= 11 is 0. The Bertz CT molecular complexity index is 876. The number of anilines is 1. The first-order valence-electron chi connectivity index (χ1n) is 10.0. The van der Waals surface area contributed by atoms with Crippen molar-refractivity contribution in [1.29, 1.82) is 0 Å². The Morgan fingerprint density at radius 3 is 2.45 bits per heavy atom. The zero-order valence-corrected chi connectivity index (χ0v) is 17.1. The lowest BCUT2D eigenvalue weighted by molar-refractivity contribution is -0.133. The van der Waals surface area contributed by atoms with Crippen LogP contribution < -0.4 is 5.32 Å². The maximum Gasteiger partial charge on any atom is 0.238 e. The van der Waals surface area contributed by atoms with Crippen molar-refractivity contribution in [3.05, 3.63) is 65.0 Å². The lowest BCUT2D eigenvalue weighted by atomic mass is 10.1. The van der Waals surface area contributed by atoms with Crippen molar-refractivity contribution in [1.82, 2.24) is 9.80 Å². The maximum atomic E-state index is 13.7. The van der Waals surface area contributed by atoms with Crippen molar-refractivity contribution in [3.63, 3.8) is 0 Å². The summed E-state index contributed by atoms with van der Waals surface area (Å²) in [6, 6.07) is 12.4. The topological polar surface area (TPSA) is 52.7 Å². The van der Waals surface area contributed by atoms with E-state index in [0.29, 0.717) is 51.1 Å². The summed E-state index contributed by atoms with van der Waals surface area (Å²) < 4.78 is 13.7. The highest BCUT2D eigenvalue weighted by atomic mass is 19.1. The third-order valence-electron chi connectivity index (χ3n) is 5.54. The minimum absolute atomic E-state index is 0.0349. The van der Waals surface area contributed by atoms with E-state index in [0.717, 1.165) is 16.8 Å². The molecule has 0 unspecified atom stereocenters. The van der Waals surface area contributed by atoms with Gasteiger partial charge in [-0.25, -0.2) is 4.39 Å². The molecule has 2 aromatic rings. The van der Waals surface area contributed by atoms with Crippen molar-refractivity contribution in [2.24, 2.45) is 0 Å². The number of carbonyl (C=O) groups is 2. The summed E-state index contributed by atoms with van der Waals surface area (Å²) in [6.45, 7) is 6.83. The van der Waals surface area contributed by atoms with Crippen LogP contribution in [0.5, 0.6) is 0 Å². The van der Waals surface area contributed by atoms with Crippen LogP contribution in [0.25, 0.3) is 0 Å². The molecular weight excluding hydrogens is 369 g/mol. The van der Waals surface area contributed by atoms with Gasteiger partial charge >= 0.3 is 0 Å². The molecule has 0 radical (unpaired) electrons. The minimum atomic E-state index is -0.264. The third kappa shape index (κ3) is 5.64. The van der Waals surface area contributed by atoms with Crippen molar-refractivity contribution in [2.45, 2.75) is 26.7 Å². The molecule has 0 atom stereocenters. The van der Waals surface area contributed by atoms with Crippen LogP contribution in [-0.2, 0) is 16.0 Å². The molecule has 5 nitrogen and oxygen atoms in total. The van der Waals surface area contributed by atoms with E-state index in [9.17, 15) is 14.0 Å². The zero-order chi connectivity index (χ0) is 20.8. The number of halogens is 1. The van der Waals surface area contributed by atoms with E-state index in [4.69, 9.17) is 0 Å². The molecule has 0 aliphatic carbocycles. The number of carbonyl (C=O) groups excluding carboxylic acids is 2. The number of rotatable bonds is 6. The second-order valence-electron chi connectivity index (χ2n) is 7.54. The lowest BCUT2D eigenvalue weighted by Crippen LogP contribution is -2.50. The van der Waals surface area contributed by atoms with Crippen LogP contribution in [-0.4, -0.2) is 54.3 Å². The van der Waals surface area contributed by atoms with Crippen LogP contribution >= 0.6 is 0 Å². The number of piperazine rings is 1. The first-order chi connectivity index (χ1) is 13.9. The zero-order valence-electron chi connectivity index (χ0n) is 17.1. The van der Waals surface area contributed by atoms with E-state index in [1.165, 1.54) is 6.07 Å². The van der Waals surface area contributed by atoms with E-state index in [-0.39, 0.29) is 17.6 Å². The molecule has 0 saturated carbocycles. The Labute approximate surface area is 171 Å². The number of hydrogen-bond acceptors (Lipinski definition) is 3. The molecule has 0 aromatic heterocycles. The Kier molecular flexibility index (Phi) is 6.99. The van der Waals surface area contributed by atoms with Gasteiger partial charge in [0.15, 0.2) is 0 Å². The first-order valence-corrected chi connectivity index (χ1v) is 10.0. The number of nitrogens with zero attached hydrogens (tertiary/aromatic N) is 2. The van der Waals surface area contributed by atoms with Gasteiger partial charge in [-0.2, -0.15) is 0 Å². The molecule has 6 heteroatoms. The normalized spacial score (nSPS) is 14.7. The number of benzene rings is 2. The van der Waals surface area contributed by atoms with Gasteiger partial charge in [0.05, 0.1) is 6.54 Å². The number of nitrogens with one attached hydrogen (secondary N) is 1. The molecule has 29 heavy (non-hydrogen) atoms. The van der Waals surface area contributed by atoms with E-state index in [1.54, 1.807) is 23.1 Å². The van der Waals surface area contributed by atoms with Crippen molar-refractivity contribution < 1.29 is 14.0 Å². The summed E-state index contributed by atoms with van der Waals surface area (Å²) in [6.07, 6.45) is 0.706. The predicted molar refractivity (Wildman–Crippen MR) is 112 cm³/mol. The van der Waals surface area contributed by atoms with Crippen molar-refractivity contribution in [2.75, 3.05) is 38.0 Å². The average Bonchev–Trinajstić information content (AvgIpc) is 2.71. The van der Waals surface area contributed by atoms with Gasteiger partial charge in [0.1, 0.15) is 5.82 Å². The second kappa shape index (κ2) is 9.65. The Hall–Kier alpha value is -2.73. The van der Waals surface area contributed by atoms with Crippen LogP contribution in [0, 0.1) is 19.7 Å². The van der Waals surface area contributed by atoms with E-state index < -0.39 is 0 Å². The molecule has 3 rings (SSSR count). The molecule has 1 fully saturated rings. The van der Waals surface area contributed by atoms with Crippen LogP contribution in [0.2, 0.25) is 0 Å². The maximum absolute atomic E-state index is 13.7. The van der Waals surface area contributed by atoms with Crippen LogP contribution in [0.1, 0.15) is 23.1 Å². The quantitative estimate of drug-likeness (QED) is 0.815. The smallest absolute Gasteiger partial charge is 0.238 e. The third-order valence-corrected chi connectivity index (χ3v) is 5.54. The van der Waals surface area contributed by atoms with Gasteiger partial charge in [-0.1, -0.05) is 30.3 Å². The molecule has 1 heterocycles. The van der Waals surface area contributed by atoms with E-state index >= 15 is 0 Å².